The minimum atomic E-state index is 0.126. The van der Waals surface area contributed by atoms with Gasteiger partial charge in [0.05, 0.1) is 18.3 Å². The topological polar surface area (TPSA) is 35.5 Å². The van der Waals surface area contributed by atoms with Crippen LogP contribution in [0.25, 0.3) is 0 Å². The monoisotopic (exact) mass is 288 g/mol. The molecule has 3 nitrogen and oxygen atoms in total. The quantitative estimate of drug-likeness (QED) is 0.508. The lowest BCUT2D eigenvalue weighted by Crippen LogP contribution is -2.19. The Morgan fingerprint density at radius 2 is 2.00 bits per heavy atom. The van der Waals surface area contributed by atoms with Gasteiger partial charge < -0.3 is 9.47 Å². The Labute approximate surface area is 127 Å². The molecule has 0 amide bonds. The molecule has 1 rings (SSSR count). The molecule has 0 aliphatic rings. The molecule has 0 aromatic heterocycles. The molecule has 0 aliphatic carbocycles. The molecule has 0 radical (unpaired) electrons. The molecule has 1 aromatic carbocycles. The molecule has 0 saturated carbocycles. The molecular formula is C18H24O3. The molecule has 0 aliphatic heterocycles. The minimum Gasteiger partial charge on any atom is -0.489 e. The van der Waals surface area contributed by atoms with Crippen LogP contribution in [0.3, 0.4) is 0 Å². The minimum absolute atomic E-state index is 0.126. The number of carbonyl (C=O) groups is 1. The Morgan fingerprint density at radius 3 is 2.67 bits per heavy atom. The Hall–Kier alpha value is -1.87. The Balaban J connectivity index is 2.55. The maximum atomic E-state index is 10.9. The molecule has 0 N–H and O–H groups in total. The fraction of sp³-hybridized carbons (Fsp3) is 0.389. The van der Waals surface area contributed by atoms with E-state index in [9.17, 15) is 4.79 Å². The van der Waals surface area contributed by atoms with Crippen molar-refractivity contribution in [2.45, 2.75) is 26.9 Å². The van der Waals surface area contributed by atoms with Gasteiger partial charge in [0, 0.05) is 5.92 Å². The summed E-state index contributed by atoms with van der Waals surface area (Å²) < 4.78 is 11.3. The van der Waals surface area contributed by atoms with Gasteiger partial charge in [-0.15, -0.1) is 6.58 Å². The van der Waals surface area contributed by atoms with Crippen LogP contribution in [-0.2, 0) is 4.74 Å². The summed E-state index contributed by atoms with van der Waals surface area (Å²) in [5.41, 5.74) is 1.77. The van der Waals surface area contributed by atoms with Crippen molar-refractivity contribution in [1.82, 2.24) is 0 Å². The fourth-order valence-electron chi connectivity index (χ4n) is 1.89. The number of aldehydes is 1. The fourth-order valence-corrected chi connectivity index (χ4v) is 1.89. The molecule has 3 heteroatoms. The van der Waals surface area contributed by atoms with Crippen molar-refractivity contribution >= 4 is 6.29 Å². The number of hydrogen-bond donors (Lipinski definition) is 0. The number of hydrogen-bond acceptors (Lipinski definition) is 3. The van der Waals surface area contributed by atoms with Crippen molar-refractivity contribution in [3.05, 3.63) is 54.1 Å². The average Bonchev–Trinajstić information content (AvgIpc) is 2.52. The van der Waals surface area contributed by atoms with Crippen molar-refractivity contribution in [1.29, 1.82) is 0 Å². The summed E-state index contributed by atoms with van der Waals surface area (Å²) in [6, 6.07) is 7.21. The van der Waals surface area contributed by atoms with E-state index in [4.69, 9.17) is 9.47 Å². The predicted molar refractivity (Wildman–Crippen MR) is 85.9 cm³/mol. The summed E-state index contributed by atoms with van der Waals surface area (Å²) in [5, 5.41) is 0. The average molecular weight is 288 g/mol. The second kappa shape index (κ2) is 9.14. The molecule has 21 heavy (non-hydrogen) atoms. The first kappa shape index (κ1) is 17.2. The van der Waals surface area contributed by atoms with E-state index in [2.05, 4.69) is 20.4 Å². The maximum Gasteiger partial charge on any atom is 0.153 e. The second-order valence-electron chi connectivity index (χ2n) is 5.03. The third-order valence-electron chi connectivity index (χ3n) is 3.59. The first-order valence-electron chi connectivity index (χ1n) is 7.16. The van der Waals surface area contributed by atoms with E-state index >= 15 is 0 Å². The van der Waals surface area contributed by atoms with Crippen LogP contribution in [0.2, 0.25) is 0 Å². The number of para-hydroxylation sites is 1. The molecule has 1 aromatic rings. The molecule has 114 valence electrons. The van der Waals surface area contributed by atoms with Crippen molar-refractivity contribution in [2.24, 2.45) is 5.92 Å². The molecule has 2 unspecified atom stereocenters. The summed E-state index contributed by atoms with van der Waals surface area (Å²) >= 11 is 0. The summed E-state index contributed by atoms with van der Waals surface area (Å²) in [7, 11) is 0. The highest BCUT2D eigenvalue weighted by Crippen LogP contribution is 2.18. The van der Waals surface area contributed by atoms with E-state index in [1.54, 1.807) is 18.2 Å². The van der Waals surface area contributed by atoms with Crippen LogP contribution in [0.5, 0.6) is 5.75 Å². The van der Waals surface area contributed by atoms with Gasteiger partial charge in [-0.2, -0.15) is 0 Å². The SMILES string of the molecule is C=CCOC(C)C(C)/C(C)=C/COc1ccccc1C=O. The van der Waals surface area contributed by atoms with Crippen LogP contribution < -0.4 is 4.74 Å². The van der Waals surface area contributed by atoms with Gasteiger partial charge in [-0.1, -0.05) is 30.7 Å². The summed E-state index contributed by atoms with van der Waals surface area (Å²) in [6.45, 7) is 10.9. The lowest BCUT2D eigenvalue weighted by molar-refractivity contribution is 0.0597. The number of carbonyl (C=O) groups excluding carboxylic acids is 1. The van der Waals surface area contributed by atoms with Crippen LogP contribution >= 0.6 is 0 Å². The maximum absolute atomic E-state index is 10.9. The Bertz CT molecular complexity index is 491. The van der Waals surface area contributed by atoms with Crippen LogP contribution in [0.15, 0.2) is 48.6 Å². The highest BCUT2D eigenvalue weighted by atomic mass is 16.5. The standard InChI is InChI=1S/C18H24O3/c1-5-11-20-16(4)15(3)14(2)10-12-21-18-9-7-6-8-17(18)13-19/h5-10,13,15-16H,1,11-12H2,2-4H3/b14-10+. The molecule has 0 bridgehead atoms. The lowest BCUT2D eigenvalue weighted by atomic mass is 9.97. The molecule has 0 heterocycles. The molecule has 0 saturated heterocycles. The number of benzene rings is 1. The van der Waals surface area contributed by atoms with Crippen molar-refractivity contribution < 1.29 is 14.3 Å². The first-order chi connectivity index (χ1) is 10.1. The normalized spacial score (nSPS) is 14.3. The van der Waals surface area contributed by atoms with Gasteiger partial charge in [0.1, 0.15) is 12.4 Å². The van der Waals surface area contributed by atoms with Gasteiger partial charge in [-0.05, 0) is 32.1 Å². The zero-order valence-corrected chi connectivity index (χ0v) is 13.0. The van der Waals surface area contributed by atoms with Gasteiger partial charge in [0.25, 0.3) is 0 Å². The molecule has 0 fully saturated rings. The summed E-state index contributed by atoms with van der Waals surface area (Å²) in [5.74, 6) is 0.912. The third-order valence-corrected chi connectivity index (χ3v) is 3.59. The molecular weight excluding hydrogens is 264 g/mol. The van der Waals surface area contributed by atoms with Crippen molar-refractivity contribution in [3.8, 4) is 5.75 Å². The van der Waals surface area contributed by atoms with E-state index < -0.39 is 0 Å². The predicted octanol–water partition coefficient (Wildman–Crippen LogP) is 4.05. The Morgan fingerprint density at radius 1 is 1.29 bits per heavy atom. The molecule has 2 atom stereocenters. The van der Waals surface area contributed by atoms with Crippen LogP contribution in [0.4, 0.5) is 0 Å². The van der Waals surface area contributed by atoms with Gasteiger partial charge in [-0.3, -0.25) is 4.79 Å². The largest absolute Gasteiger partial charge is 0.489 e. The van der Waals surface area contributed by atoms with E-state index in [1.165, 1.54) is 5.57 Å². The van der Waals surface area contributed by atoms with Crippen molar-refractivity contribution in [2.75, 3.05) is 13.2 Å². The van der Waals surface area contributed by atoms with Crippen LogP contribution in [0.1, 0.15) is 31.1 Å². The summed E-state index contributed by atoms with van der Waals surface area (Å²) in [6.07, 6.45) is 4.71. The zero-order chi connectivity index (χ0) is 15.7. The summed E-state index contributed by atoms with van der Waals surface area (Å²) in [4.78, 5) is 10.9. The first-order valence-corrected chi connectivity index (χ1v) is 7.16. The highest BCUT2D eigenvalue weighted by molar-refractivity contribution is 5.79. The van der Waals surface area contributed by atoms with Gasteiger partial charge in [0.15, 0.2) is 6.29 Å². The van der Waals surface area contributed by atoms with E-state index in [0.717, 1.165) is 6.29 Å². The number of ether oxygens (including phenoxy) is 2. The van der Waals surface area contributed by atoms with Crippen LogP contribution in [-0.4, -0.2) is 25.6 Å². The lowest BCUT2D eigenvalue weighted by Gasteiger charge is -2.21. The third kappa shape index (κ3) is 5.56. The smallest absolute Gasteiger partial charge is 0.153 e. The number of rotatable bonds is 9. The second-order valence-corrected chi connectivity index (χ2v) is 5.03. The van der Waals surface area contributed by atoms with E-state index in [0.29, 0.717) is 30.4 Å². The van der Waals surface area contributed by atoms with Gasteiger partial charge in [-0.25, -0.2) is 0 Å². The van der Waals surface area contributed by atoms with Crippen molar-refractivity contribution in [3.63, 3.8) is 0 Å². The van der Waals surface area contributed by atoms with Crippen LogP contribution in [0, 0.1) is 5.92 Å². The zero-order valence-electron chi connectivity index (χ0n) is 13.0. The molecule has 0 spiro atoms. The highest BCUT2D eigenvalue weighted by Gasteiger charge is 2.13. The van der Waals surface area contributed by atoms with Gasteiger partial charge in [0.2, 0.25) is 0 Å². The van der Waals surface area contributed by atoms with Gasteiger partial charge >= 0.3 is 0 Å². The van der Waals surface area contributed by atoms with E-state index in [-0.39, 0.29) is 6.10 Å². The van der Waals surface area contributed by atoms with E-state index in [1.807, 2.05) is 25.1 Å². The Kier molecular flexibility index (Phi) is 7.48.